The molecule has 1 aliphatic heterocycles. The average molecular weight is 368 g/mol. The van der Waals surface area contributed by atoms with Crippen LogP contribution in [0.4, 0.5) is 11.4 Å². The Morgan fingerprint density at radius 3 is 2.44 bits per heavy atom. The van der Waals surface area contributed by atoms with Gasteiger partial charge in [0.1, 0.15) is 5.69 Å². The Morgan fingerprint density at radius 1 is 1.04 bits per heavy atom. The van der Waals surface area contributed by atoms with Gasteiger partial charge in [-0.3, -0.25) is 14.6 Å². The second-order valence-electron chi connectivity index (χ2n) is 6.33. The van der Waals surface area contributed by atoms with Gasteiger partial charge in [-0.1, -0.05) is 0 Å². The van der Waals surface area contributed by atoms with Crippen LogP contribution in [-0.4, -0.2) is 41.0 Å². The van der Waals surface area contributed by atoms with Crippen LogP contribution in [0.15, 0.2) is 36.5 Å². The molecular weight excluding hydrogens is 348 g/mol. The van der Waals surface area contributed by atoms with Crippen LogP contribution in [0.3, 0.4) is 0 Å². The number of aromatic carboxylic acids is 1. The first-order valence-electron chi connectivity index (χ1n) is 8.65. The summed E-state index contributed by atoms with van der Waals surface area (Å²) in [7, 11) is 0. The van der Waals surface area contributed by atoms with Gasteiger partial charge in [-0.2, -0.15) is 0 Å². The van der Waals surface area contributed by atoms with E-state index in [-0.39, 0.29) is 16.8 Å². The molecule has 4 N–H and O–H groups in total. The summed E-state index contributed by atoms with van der Waals surface area (Å²) in [6.07, 6.45) is 4.52. The second kappa shape index (κ2) is 7.86. The molecule has 0 aliphatic carbocycles. The molecule has 2 amide bonds. The molecule has 0 spiro atoms. The van der Waals surface area contributed by atoms with E-state index in [1.165, 1.54) is 24.4 Å². The Balaban J connectivity index is 1.92. The van der Waals surface area contributed by atoms with Crippen LogP contribution in [-0.2, 0) is 0 Å². The zero-order valence-corrected chi connectivity index (χ0v) is 14.6. The normalized spacial score (nSPS) is 13.9. The van der Waals surface area contributed by atoms with Gasteiger partial charge in [0.05, 0.1) is 16.9 Å². The van der Waals surface area contributed by atoms with Gasteiger partial charge in [0.25, 0.3) is 5.91 Å². The van der Waals surface area contributed by atoms with Crippen molar-refractivity contribution in [3.8, 4) is 0 Å². The molecule has 0 unspecified atom stereocenters. The highest BCUT2D eigenvalue weighted by atomic mass is 16.4. The highest BCUT2D eigenvalue weighted by molar-refractivity contribution is 6.06. The molecule has 140 valence electrons. The zero-order valence-electron chi connectivity index (χ0n) is 14.6. The van der Waals surface area contributed by atoms with Crippen molar-refractivity contribution in [3.63, 3.8) is 0 Å². The first-order chi connectivity index (χ1) is 13.0. The third-order valence-corrected chi connectivity index (χ3v) is 4.47. The molecule has 8 heteroatoms. The predicted molar refractivity (Wildman–Crippen MR) is 100 cm³/mol. The number of rotatable bonds is 5. The van der Waals surface area contributed by atoms with E-state index in [4.69, 9.17) is 10.8 Å². The number of nitrogens with one attached hydrogen (secondary N) is 1. The van der Waals surface area contributed by atoms with E-state index in [0.29, 0.717) is 5.69 Å². The Labute approximate surface area is 156 Å². The van der Waals surface area contributed by atoms with Crippen molar-refractivity contribution in [2.75, 3.05) is 23.3 Å². The van der Waals surface area contributed by atoms with Crippen molar-refractivity contribution >= 4 is 29.2 Å². The van der Waals surface area contributed by atoms with E-state index in [9.17, 15) is 14.4 Å². The highest BCUT2D eigenvalue weighted by Gasteiger charge is 2.19. The molecule has 27 heavy (non-hydrogen) atoms. The summed E-state index contributed by atoms with van der Waals surface area (Å²) in [6, 6.07) is 7.45. The molecule has 1 aromatic carbocycles. The summed E-state index contributed by atoms with van der Waals surface area (Å²) in [6.45, 7) is 1.71. The molecule has 8 nitrogen and oxygen atoms in total. The minimum Gasteiger partial charge on any atom is -0.478 e. The molecule has 2 aromatic rings. The summed E-state index contributed by atoms with van der Waals surface area (Å²) < 4.78 is 0. The molecule has 0 saturated carbocycles. The monoisotopic (exact) mass is 368 g/mol. The fourth-order valence-corrected chi connectivity index (χ4v) is 3.07. The maximum Gasteiger partial charge on any atom is 0.335 e. The topological polar surface area (TPSA) is 126 Å². The minimum atomic E-state index is -1.14. The van der Waals surface area contributed by atoms with Gasteiger partial charge in [0.15, 0.2) is 0 Å². The number of pyridine rings is 1. The fraction of sp³-hybridized carbons (Fsp3) is 0.263. The smallest absolute Gasteiger partial charge is 0.335 e. The third-order valence-electron chi connectivity index (χ3n) is 4.47. The number of nitrogens with two attached hydrogens (primary N) is 1. The van der Waals surface area contributed by atoms with Crippen LogP contribution in [0, 0.1) is 0 Å². The minimum absolute atomic E-state index is 0.0241. The quantitative estimate of drug-likeness (QED) is 0.742. The Bertz CT molecular complexity index is 891. The van der Waals surface area contributed by atoms with Gasteiger partial charge in [-0.25, -0.2) is 4.79 Å². The number of carboxylic acid groups (broad SMARTS) is 1. The standard InChI is InChI=1S/C19H20N4O4/c20-17(24)12-4-5-16(23-8-2-1-3-9-23)14(10-12)22-18(25)15-11-13(19(26)27)6-7-21-15/h4-7,10-11H,1-3,8-9H2,(H2,20,24)(H,22,25)(H,26,27). The van der Waals surface area contributed by atoms with E-state index < -0.39 is 17.8 Å². The number of anilines is 2. The van der Waals surface area contributed by atoms with Crippen LogP contribution in [0.2, 0.25) is 0 Å². The molecule has 0 radical (unpaired) electrons. The predicted octanol–water partition coefficient (Wildman–Crippen LogP) is 2.12. The van der Waals surface area contributed by atoms with E-state index in [2.05, 4.69) is 15.2 Å². The van der Waals surface area contributed by atoms with E-state index in [0.717, 1.165) is 38.0 Å². The molecule has 1 saturated heterocycles. The number of aromatic nitrogens is 1. The number of amides is 2. The first-order valence-corrected chi connectivity index (χ1v) is 8.65. The van der Waals surface area contributed by atoms with Gasteiger partial charge < -0.3 is 21.1 Å². The molecule has 1 aromatic heterocycles. The number of carbonyl (C=O) groups is 3. The Hall–Kier alpha value is -3.42. The van der Waals surface area contributed by atoms with E-state index in [1.807, 2.05) is 0 Å². The SMILES string of the molecule is NC(=O)c1ccc(N2CCCCC2)c(NC(=O)c2cc(C(=O)O)ccn2)c1. The number of hydrogen-bond donors (Lipinski definition) is 3. The number of benzene rings is 1. The number of primary amides is 1. The van der Waals surface area contributed by atoms with Crippen molar-refractivity contribution in [1.29, 1.82) is 0 Å². The van der Waals surface area contributed by atoms with Crippen molar-refractivity contribution < 1.29 is 19.5 Å². The number of piperidine rings is 1. The van der Waals surface area contributed by atoms with Gasteiger partial charge >= 0.3 is 5.97 Å². The maximum atomic E-state index is 12.6. The lowest BCUT2D eigenvalue weighted by atomic mass is 10.1. The average Bonchev–Trinajstić information content (AvgIpc) is 2.68. The molecule has 0 bridgehead atoms. The van der Waals surface area contributed by atoms with Gasteiger partial charge in [-0.15, -0.1) is 0 Å². The summed E-state index contributed by atoms with van der Waals surface area (Å²) in [5.74, 6) is -2.30. The number of nitrogens with zero attached hydrogens (tertiary/aromatic N) is 2. The summed E-state index contributed by atoms with van der Waals surface area (Å²) in [5, 5.41) is 11.8. The second-order valence-corrected chi connectivity index (χ2v) is 6.33. The Kier molecular flexibility index (Phi) is 5.35. The molecule has 2 heterocycles. The molecular formula is C19H20N4O4. The third kappa shape index (κ3) is 4.22. The fourth-order valence-electron chi connectivity index (χ4n) is 3.07. The Morgan fingerprint density at radius 2 is 1.78 bits per heavy atom. The summed E-state index contributed by atoms with van der Waals surface area (Å²) >= 11 is 0. The zero-order chi connectivity index (χ0) is 19.4. The lowest BCUT2D eigenvalue weighted by molar-refractivity contribution is 0.0696. The highest BCUT2D eigenvalue weighted by Crippen LogP contribution is 2.30. The number of carbonyl (C=O) groups excluding carboxylic acids is 2. The summed E-state index contributed by atoms with van der Waals surface area (Å²) in [4.78, 5) is 41.3. The van der Waals surface area contributed by atoms with E-state index in [1.54, 1.807) is 12.1 Å². The first kappa shape index (κ1) is 18.4. The number of hydrogen-bond acceptors (Lipinski definition) is 5. The maximum absolute atomic E-state index is 12.6. The molecule has 0 atom stereocenters. The van der Waals surface area contributed by atoms with Gasteiger partial charge in [0, 0.05) is 24.8 Å². The van der Waals surface area contributed by atoms with Crippen LogP contribution in [0.25, 0.3) is 0 Å². The molecule has 1 aliphatic rings. The molecule has 1 fully saturated rings. The van der Waals surface area contributed by atoms with Crippen molar-refractivity contribution in [2.45, 2.75) is 19.3 Å². The van der Waals surface area contributed by atoms with Crippen LogP contribution < -0.4 is 16.0 Å². The van der Waals surface area contributed by atoms with E-state index >= 15 is 0 Å². The van der Waals surface area contributed by atoms with Crippen LogP contribution in [0.5, 0.6) is 0 Å². The van der Waals surface area contributed by atoms with Gasteiger partial charge in [0.2, 0.25) is 5.91 Å². The lowest BCUT2D eigenvalue weighted by Gasteiger charge is -2.30. The van der Waals surface area contributed by atoms with Crippen molar-refractivity contribution in [1.82, 2.24) is 4.98 Å². The largest absolute Gasteiger partial charge is 0.478 e. The molecule has 3 rings (SSSR count). The van der Waals surface area contributed by atoms with Crippen molar-refractivity contribution in [3.05, 3.63) is 53.3 Å². The van der Waals surface area contributed by atoms with Crippen LogP contribution >= 0.6 is 0 Å². The summed E-state index contributed by atoms with van der Waals surface area (Å²) in [5.41, 5.74) is 6.82. The van der Waals surface area contributed by atoms with Gasteiger partial charge in [-0.05, 0) is 49.6 Å². The van der Waals surface area contributed by atoms with Crippen LogP contribution in [0.1, 0.15) is 50.5 Å². The number of carboxylic acids is 1. The lowest BCUT2D eigenvalue weighted by Crippen LogP contribution is -2.30. The van der Waals surface area contributed by atoms with Crippen molar-refractivity contribution in [2.24, 2.45) is 5.73 Å².